The van der Waals surface area contributed by atoms with Crippen molar-refractivity contribution >= 4 is 11.7 Å². The fraction of sp³-hybridized carbons (Fsp3) is 0.333. The van der Waals surface area contributed by atoms with E-state index in [1.807, 2.05) is 42.5 Å². The van der Waals surface area contributed by atoms with E-state index in [2.05, 4.69) is 12.1 Å². The molecule has 4 nitrogen and oxygen atoms in total. The molecule has 2 aromatic carbocycles. The number of Topliss-reactive ketones (excluding diaryl/α,β-unsaturated/α-hetero) is 1. The number of methoxy groups -OCH3 is 1. The highest BCUT2D eigenvalue weighted by Gasteiger charge is 2.28. The van der Waals surface area contributed by atoms with Crippen molar-refractivity contribution in [2.45, 2.75) is 12.8 Å². The van der Waals surface area contributed by atoms with Crippen molar-refractivity contribution in [1.29, 1.82) is 0 Å². The van der Waals surface area contributed by atoms with Crippen LogP contribution in [0.3, 0.4) is 0 Å². The lowest BCUT2D eigenvalue weighted by Gasteiger charge is -2.32. The molecule has 1 amide bonds. The van der Waals surface area contributed by atoms with Gasteiger partial charge in [-0.15, -0.1) is 0 Å². The zero-order chi connectivity index (χ0) is 17.6. The Balaban J connectivity index is 1.69. The minimum absolute atomic E-state index is 0.0422. The molecule has 4 heteroatoms. The van der Waals surface area contributed by atoms with Crippen LogP contribution in [-0.2, 0) is 9.53 Å². The number of ketones is 1. The van der Waals surface area contributed by atoms with Gasteiger partial charge in [0.05, 0.1) is 0 Å². The number of piperidine rings is 1. The first-order valence-corrected chi connectivity index (χ1v) is 8.65. The summed E-state index contributed by atoms with van der Waals surface area (Å²) >= 11 is 0. The number of hydrogen-bond acceptors (Lipinski definition) is 3. The van der Waals surface area contributed by atoms with Gasteiger partial charge in [-0.3, -0.25) is 9.59 Å². The molecule has 0 radical (unpaired) electrons. The monoisotopic (exact) mass is 337 g/mol. The summed E-state index contributed by atoms with van der Waals surface area (Å²) in [7, 11) is 1.51. The van der Waals surface area contributed by atoms with Crippen molar-refractivity contribution in [3.05, 3.63) is 60.2 Å². The summed E-state index contributed by atoms with van der Waals surface area (Å²) in [5.41, 5.74) is 2.94. The van der Waals surface area contributed by atoms with Crippen LogP contribution in [0.5, 0.6) is 0 Å². The van der Waals surface area contributed by atoms with Crippen LogP contribution in [-0.4, -0.2) is 43.4 Å². The Labute approximate surface area is 148 Å². The fourth-order valence-electron chi connectivity index (χ4n) is 3.33. The van der Waals surface area contributed by atoms with Crippen LogP contribution in [0.2, 0.25) is 0 Å². The SMILES string of the molecule is COCC(=O)N1CCCC(C(=O)c2ccc(-c3ccccc3)cc2)C1. The maximum absolute atomic E-state index is 12.8. The molecule has 0 N–H and O–H groups in total. The summed E-state index contributed by atoms with van der Waals surface area (Å²) < 4.78 is 4.92. The Bertz CT molecular complexity index is 725. The minimum Gasteiger partial charge on any atom is -0.375 e. The first kappa shape index (κ1) is 17.4. The molecule has 25 heavy (non-hydrogen) atoms. The number of rotatable bonds is 5. The number of likely N-dealkylation sites (tertiary alicyclic amines) is 1. The van der Waals surface area contributed by atoms with E-state index >= 15 is 0 Å². The average molecular weight is 337 g/mol. The van der Waals surface area contributed by atoms with Gasteiger partial charge in [-0.1, -0.05) is 54.6 Å². The van der Waals surface area contributed by atoms with Crippen molar-refractivity contribution in [3.8, 4) is 11.1 Å². The van der Waals surface area contributed by atoms with E-state index < -0.39 is 0 Å². The van der Waals surface area contributed by atoms with E-state index in [1.54, 1.807) is 4.90 Å². The third-order valence-electron chi connectivity index (χ3n) is 4.69. The summed E-state index contributed by atoms with van der Waals surface area (Å²) in [6.07, 6.45) is 1.68. The predicted octanol–water partition coefficient (Wildman–Crippen LogP) is 3.42. The van der Waals surface area contributed by atoms with E-state index in [4.69, 9.17) is 4.74 Å². The fourth-order valence-corrected chi connectivity index (χ4v) is 3.33. The number of carbonyl (C=O) groups is 2. The topological polar surface area (TPSA) is 46.6 Å². The lowest BCUT2D eigenvalue weighted by Crippen LogP contribution is -2.43. The Morgan fingerprint density at radius 2 is 1.72 bits per heavy atom. The zero-order valence-electron chi connectivity index (χ0n) is 14.5. The summed E-state index contributed by atoms with van der Waals surface area (Å²) in [6.45, 7) is 1.27. The molecular weight excluding hydrogens is 314 g/mol. The van der Waals surface area contributed by atoms with Crippen LogP contribution >= 0.6 is 0 Å². The predicted molar refractivity (Wildman–Crippen MR) is 97.4 cm³/mol. The second kappa shape index (κ2) is 8.08. The summed E-state index contributed by atoms with van der Waals surface area (Å²) in [5.74, 6) is -0.0499. The second-order valence-electron chi connectivity index (χ2n) is 6.42. The van der Waals surface area contributed by atoms with Gasteiger partial charge in [0.25, 0.3) is 0 Å². The molecule has 1 unspecified atom stereocenters. The van der Waals surface area contributed by atoms with Gasteiger partial charge in [0, 0.05) is 31.7 Å². The number of benzene rings is 2. The molecule has 0 bridgehead atoms. The minimum atomic E-state index is -0.128. The Morgan fingerprint density at radius 1 is 1.04 bits per heavy atom. The van der Waals surface area contributed by atoms with Crippen molar-refractivity contribution in [1.82, 2.24) is 4.90 Å². The average Bonchev–Trinajstić information content (AvgIpc) is 2.68. The van der Waals surface area contributed by atoms with Crippen LogP contribution in [0, 0.1) is 5.92 Å². The molecule has 0 aliphatic carbocycles. The number of nitrogens with zero attached hydrogens (tertiary/aromatic N) is 1. The molecule has 0 saturated carbocycles. The summed E-state index contributed by atoms with van der Waals surface area (Å²) in [4.78, 5) is 26.5. The Kier molecular flexibility index (Phi) is 5.61. The van der Waals surface area contributed by atoms with Crippen LogP contribution in [0.4, 0.5) is 0 Å². The Hall–Kier alpha value is -2.46. The number of carbonyl (C=O) groups excluding carboxylic acids is 2. The van der Waals surface area contributed by atoms with Crippen LogP contribution in [0.25, 0.3) is 11.1 Å². The third kappa shape index (κ3) is 4.15. The van der Waals surface area contributed by atoms with Gasteiger partial charge in [-0.25, -0.2) is 0 Å². The lowest BCUT2D eigenvalue weighted by molar-refractivity contribution is -0.136. The lowest BCUT2D eigenvalue weighted by atomic mass is 9.89. The van der Waals surface area contributed by atoms with Gasteiger partial charge in [-0.2, -0.15) is 0 Å². The highest BCUT2D eigenvalue weighted by atomic mass is 16.5. The molecule has 0 aromatic heterocycles. The number of hydrogen-bond donors (Lipinski definition) is 0. The molecule has 1 saturated heterocycles. The molecular formula is C21H23NO3. The van der Waals surface area contributed by atoms with E-state index in [0.29, 0.717) is 18.7 Å². The highest BCUT2D eigenvalue weighted by molar-refractivity contribution is 5.98. The molecule has 0 spiro atoms. The Morgan fingerprint density at radius 3 is 2.40 bits per heavy atom. The normalized spacial score (nSPS) is 17.3. The maximum atomic E-state index is 12.8. The van der Waals surface area contributed by atoms with Gasteiger partial charge in [-0.05, 0) is 24.0 Å². The van der Waals surface area contributed by atoms with Crippen LogP contribution in [0.15, 0.2) is 54.6 Å². The van der Waals surface area contributed by atoms with Crippen molar-refractivity contribution in [2.24, 2.45) is 5.92 Å². The third-order valence-corrected chi connectivity index (χ3v) is 4.69. The largest absolute Gasteiger partial charge is 0.375 e. The molecule has 1 fully saturated rings. The van der Waals surface area contributed by atoms with E-state index in [9.17, 15) is 9.59 Å². The molecule has 3 rings (SSSR count). The second-order valence-corrected chi connectivity index (χ2v) is 6.42. The van der Waals surface area contributed by atoms with Gasteiger partial charge in [0.15, 0.2) is 5.78 Å². The molecule has 1 heterocycles. The van der Waals surface area contributed by atoms with Crippen LogP contribution < -0.4 is 0 Å². The van der Waals surface area contributed by atoms with E-state index in [-0.39, 0.29) is 24.2 Å². The van der Waals surface area contributed by atoms with E-state index in [1.165, 1.54) is 7.11 Å². The standard InChI is InChI=1S/C21H23NO3/c1-25-15-20(23)22-13-5-8-19(14-22)21(24)18-11-9-17(10-12-18)16-6-3-2-4-7-16/h2-4,6-7,9-12,19H,5,8,13-15H2,1H3. The molecule has 130 valence electrons. The highest BCUT2D eigenvalue weighted by Crippen LogP contribution is 2.24. The zero-order valence-corrected chi connectivity index (χ0v) is 14.5. The summed E-state index contributed by atoms with van der Waals surface area (Å²) in [6, 6.07) is 17.8. The maximum Gasteiger partial charge on any atom is 0.248 e. The van der Waals surface area contributed by atoms with Crippen LogP contribution in [0.1, 0.15) is 23.2 Å². The number of amides is 1. The molecule has 1 atom stereocenters. The molecule has 1 aliphatic rings. The molecule has 1 aliphatic heterocycles. The van der Waals surface area contributed by atoms with Gasteiger partial charge < -0.3 is 9.64 Å². The first-order chi connectivity index (χ1) is 12.2. The van der Waals surface area contributed by atoms with Crippen molar-refractivity contribution in [2.75, 3.05) is 26.8 Å². The number of ether oxygens (including phenoxy) is 1. The van der Waals surface area contributed by atoms with Gasteiger partial charge in [0.2, 0.25) is 5.91 Å². The van der Waals surface area contributed by atoms with Gasteiger partial charge >= 0.3 is 0 Å². The quantitative estimate of drug-likeness (QED) is 0.786. The first-order valence-electron chi connectivity index (χ1n) is 8.65. The summed E-state index contributed by atoms with van der Waals surface area (Å²) in [5, 5.41) is 0. The van der Waals surface area contributed by atoms with Gasteiger partial charge in [0.1, 0.15) is 6.61 Å². The smallest absolute Gasteiger partial charge is 0.248 e. The van der Waals surface area contributed by atoms with E-state index in [0.717, 1.165) is 24.0 Å². The molecule has 2 aromatic rings. The van der Waals surface area contributed by atoms with Crippen molar-refractivity contribution < 1.29 is 14.3 Å². The van der Waals surface area contributed by atoms with Crippen molar-refractivity contribution in [3.63, 3.8) is 0 Å².